The molecule has 8 heteroatoms. The first-order valence-electron chi connectivity index (χ1n) is 5.45. The highest BCUT2D eigenvalue weighted by Gasteiger charge is 2.13. The number of esters is 1. The van der Waals surface area contributed by atoms with Gasteiger partial charge in [-0.2, -0.15) is 8.42 Å². The van der Waals surface area contributed by atoms with Crippen molar-refractivity contribution in [2.75, 3.05) is 7.11 Å². The molecule has 0 aromatic carbocycles. The van der Waals surface area contributed by atoms with Crippen molar-refractivity contribution in [3.63, 3.8) is 0 Å². The van der Waals surface area contributed by atoms with Crippen molar-refractivity contribution < 1.29 is 22.2 Å². The van der Waals surface area contributed by atoms with Crippen LogP contribution in [-0.2, 0) is 23.9 Å². The van der Waals surface area contributed by atoms with E-state index in [0.29, 0.717) is 12.0 Å². The van der Waals surface area contributed by atoms with Crippen molar-refractivity contribution in [1.82, 2.24) is 0 Å². The van der Waals surface area contributed by atoms with Crippen molar-refractivity contribution in [3.05, 3.63) is 23.1 Å². The molecule has 0 aliphatic carbocycles. The molecule has 0 aliphatic heterocycles. The smallest absolute Gasteiger partial charge is 0.372 e. The number of allylic oxidation sites excluding steroid dienone is 3. The van der Waals surface area contributed by atoms with Gasteiger partial charge in [0.15, 0.2) is 0 Å². The summed E-state index contributed by atoms with van der Waals surface area (Å²) in [5, 5.41) is 3.22. The number of rotatable bonds is 7. The van der Waals surface area contributed by atoms with Crippen LogP contribution in [-0.4, -0.2) is 26.7 Å². The van der Waals surface area contributed by atoms with Gasteiger partial charge in [0.25, 0.3) is 5.17 Å². The minimum absolute atomic E-state index is 0.564. The van der Waals surface area contributed by atoms with E-state index in [2.05, 4.69) is 14.2 Å². The summed E-state index contributed by atoms with van der Waals surface area (Å²) in [7, 11) is -2.97. The number of carbonyl (C=O) groups is 1. The van der Waals surface area contributed by atoms with E-state index in [9.17, 15) is 13.2 Å². The molecule has 0 aliphatic rings. The average Bonchev–Trinajstić information content (AvgIpc) is 2.35. The number of methoxy groups -OCH3 is 1. The van der Waals surface area contributed by atoms with Crippen LogP contribution in [0.2, 0.25) is 0 Å². The summed E-state index contributed by atoms with van der Waals surface area (Å²) in [6, 6.07) is 0. The van der Waals surface area contributed by atoms with Crippen LogP contribution in [0.4, 0.5) is 0 Å². The van der Waals surface area contributed by atoms with E-state index in [-0.39, 0.29) is 0 Å². The topological polar surface area (TPSA) is 82.0 Å². The summed E-state index contributed by atoms with van der Waals surface area (Å²) in [5.41, 5.74) is 0.564. The number of nitrogens with zero attached hydrogens (tertiary/aromatic N) is 1. The number of hydrogen-bond donors (Lipinski definition) is 0. The first kappa shape index (κ1) is 17.7. The molecule has 0 rings (SSSR count). The summed E-state index contributed by atoms with van der Waals surface area (Å²) in [6.07, 6.45) is 4.71. The Morgan fingerprint density at radius 2 is 2.05 bits per heavy atom. The predicted octanol–water partition coefficient (Wildman–Crippen LogP) is 2.32. The van der Waals surface area contributed by atoms with Crippen LogP contribution in [0.15, 0.2) is 28.3 Å². The fraction of sp³-hybridized carbons (Fsp3) is 0.455. The Kier molecular flexibility index (Phi) is 8.09. The van der Waals surface area contributed by atoms with Gasteiger partial charge in [0.05, 0.1) is 12.5 Å². The number of halogens is 1. The van der Waals surface area contributed by atoms with Crippen LogP contribution in [0.5, 0.6) is 0 Å². The van der Waals surface area contributed by atoms with E-state index >= 15 is 0 Å². The van der Waals surface area contributed by atoms with E-state index in [1.165, 1.54) is 0 Å². The second kappa shape index (κ2) is 8.71. The lowest BCUT2D eigenvalue weighted by Crippen LogP contribution is -2.11. The molecule has 0 saturated carbocycles. The molecule has 0 aromatic heterocycles. The molecule has 0 aromatic rings. The molecule has 0 bridgehead atoms. The zero-order chi connectivity index (χ0) is 14.9. The molecule has 0 amide bonds. The van der Waals surface area contributed by atoms with Gasteiger partial charge in [-0.3, -0.25) is 4.28 Å². The molecule has 19 heavy (non-hydrogen) atoms. The average molecular weight is 310 g/mol. The van der Waals surface area contributed by atoms with E-state index < -0.39 is 21.3 Å². The zero-order valence-corrected chi connectivity index (χ0v) is 12.5. The van der Waals surface area contributed by atoms with Crippen molar-refractivity contribution in [3.8, 4) is 0 Å². The molecule has 0 heterocycles. The third-order valence-electron chi connectivity index (χ3n) is 1.79. The van der Waals surface area contributed by atoms with Gasteiger partial charge in [-0.25, -0.2) is 4.79 Å². The highest BCUT2D eigenvalue weighted by Crippen LogP contribution is 2.11. The van der Waals surface area contributed by atoms with Crippen molar-refractivity contribution >= 4 is 32.9 Å². The molecular weight excluding hydrogens is 294 g/mol. The number of oxime groups is 1. The van der Waals surface area contributed by atoms with Gasteiger partial charge in [-0.05, 0) is 24.1 Å². The van der Waals surface area contributed by atoms with Gasteiger partial charge in [-0.1, -0.05) is 37.1 Å². The summed E-state index contributed by atoms with van der Waals surface area (Å²) in [4.78, 5) is 10.9. The highest BCUT2D eigenvalue weighted by atomic mass is 35.5. The van der Waals surface area contributed by atoms with Crippen LogP contribution in [0.25, 0.3) is 0 Å². The lowest BCUT2D eigenvalue weighted by Gasteiger charge is -2.01. The lowest BCUT2D eigenvalue weighted by molar-refractivity contribution is -0.132. The maximum absolute atomic E-state index is 11.6. The SMILES string of the molecule is C/C=C\C(=C/S(=O)(=O)ON=C(Cl)C(=O)OC)CCC. The summed E-state index contributed by atoms with van der Waals surface area (Å²) < 4.78 is 31.6. The van der Waals surface area contributed by atoms with Crippen LogP contribution < -0.4 is 0 Å². The van der Waals surface area contributed by atoms with E-state index in [1.54, 1.807) is 19.1 Å². The third kappa shape index (κ3) is 7.63. The van der Waals surface area contributed by atoms with Crippen molar-refractivity contribution in [2.45, 2.75) is 26.7 Å². The maximum atomic E-state index is 11.6. The number of ether oxygens (including phenoxy) is 1. The van der Waals surface area contributed by atoms with Crippen LogP contribution in [0.1, 0.15) is 26.7 Å². The first-order valence-corrected chi connectivity index (χ1v) is 7.30. The number of hydrogen-bond acceptors (Lipinski definition) is 6. The van der Waals surface area contributed by atoms with E-state index in [0.717, 1.165) is 18.9 Å². The molecule has 0 unspecified atom stereocenters. The molecule has 0 saturated heterocycles. The minimum Gasteiger partial charge on any atom is -0.464 e. The molecule has 108 valence electrons. The largest absolute Gasteiger partial charge is 0.464 e. The van der Waals surface area contributed by atoms with E-state index in [4.69, 9.17) is 11.6 Å². The Balaban J connectivity index is 4.98. The molecule has 6 nitrogen and oxygen atoms in total. The Hall–Kier alpha value is -1.34. The monoisotopic (exact) mass is 309 g/mol. The molecule has 0 spiro atoms. The Bertz CT molecular complexity index is 493. The second-order valence-corrected chi connectivity index (χ2v) is 5.11. The van der Waals surface area contributed by atoms with Gasteiger partial charge in [0, 0.05) is 0 Å². The van der Waals surface area contributed by atoms with Gasteiger partial charge in [-0.15, -0.1) is 0 Å². The van der Waals surface area contributed by atoms with Crippen LogP contribution >= 0.6 is 11.6 Å². The molecule has 0 atom stereocenters. The fourth-order valence-electron chi connectivity index (χ4n) is 1.10. The number of carbonyl (C=O) groups excluding carboxylic acids is 1. The van der Waals surface area contributed by atoms with Gasteiger partial charge in [0.2, 0.25) is 0 Å². The summed E-state index contributed by atoms with van der Waals surface area (Å²) >= 11 is 5.35. The predicted molar refractivity (Wildman–Crippen MR) is 73.1 cm³/mol. The summed E-state index contributed by atoms with van der Waals surface area (Å²) in [5.74, 6) is -0.983. The maximum Gasteiger partial charge on any atom is 0.372 e. The first-order chi connectivity index (χ1) is 8.86. The second-order valence-electron chi connectivity index (χ2n) is 3.38. The molecule has 0 radical (unpaired) electrons. The molecular formula is C11H16ClNO5S. The van der Waals surface area contributed by atoms with Gasteiger partial charge in [0.1, 0.15) is 0 Å². The Morgan fingerprint density at radius 1 is 1.42 bits per heavy atom. The third-order valence-corrected chi connectivity index (χ3v) is 2.89. The van der Waals surface area contributed by atoms with Crippen molar-refractivity contribution in [1.29, 1.82) is 0 Å². The van der Waals surface area contributed by atoms with E-state index in [1.807, 2.05) is 6.92 Å². The normalized spacial score (nSPS) is 13.7. The van der Waals surface area contributed by atoms with Crippen LogP contribution in [0.3, 0.4) is 0 Å². The zero-order valence-electron chi connectivity index (χ0n) is 10.9. The van der Waals surface area contributed by atoms with Gasteiger partial charge >= 0.3 is 16.1 Å². The van der Waals surface area contributed by atoms with Crippen LogP contribution in [0, 0.1) is 0 Å². The highest BCUT2D eigenvalue weighted by molar-refractivity contribution is 7.89. The Labute approximate surface area is 117 Å². The van der Waals surface area contributed by atoms with Gasteiger partial charge < -0.3 is 4.74 Å². The standard InChI is InChI=1S/C11H16ClNO5S/c1-4-6-9(7-5-2)8-19(15,16)18-13-10(12)11(14)17-3/h4,6,8H,5,7H2,1-3H3/b6-4-,9-8+,13-10?. The molecule has 0 fully saturated rings. The summed E-state index contributed by atoms with van der Waals surface area (Å²) in [6.45, 7) is 3.68. The van der Waals surface area contributed by atoms with Crippen molar-refractivity contribution in [2.24, 2.45) is 5.16 Å². The fourth-order valence-corrected chi connectivity index (χ4v) is 2.04. The quantitative estimate of drug-likeness (QED) is 0.312. The lowest BCUT2D eigenvalue weighted by atomic mass is 10.2. The molecule has 0 N–H and O–H groups in total. The Morgan fingerprint density at radius 3 is 2.53 bits per heavy atom. The minimum atomic E-state index is -4.06.